The molecule has 74 valence electrons. The van der Waals surface area contributed by atoms with Crippen LogP contribution in [0, 0.1) is 17.0 Å². The Kier molecular flexibility index (Phi) is 3.71. The minimum absolute atomic E-state index is 0.142. The summed E-state index contributed by atoms with van der Waals surface area (Å²) in [6.07, 6.45) is 3.53. The third kappa shape index (κ3) is 2.35. The number of nitro groups is 1. The number of rotatable bonds is 3. The Hall–Kier alpha value is -1.29. The predicted molar refractivity (Wildman–Crippen MR) is 60.7 cm³/mol. The molecule has 0 N–H and O–H groups in total. The fraction of sp³-hybridized carbons (Fsp3) is 0.200. The van der Waals surface area contributed by atoms with E-state index in [1.807, 2.05) is 13.0 Å². The first-order chi connectivity index (χ1) is 6.66. The van der Waals surface area contributed by atoms with Gasteiger partial charge in [0.15, 0.2) is 0 Å². The molecule has 3 nitrogen and oxygen atoms in total. The molecule has 4 heteroatoms. The van der Waals surface area contributed by atoms with E-state index in [-0.39, 0.29) is 10.6 Å². The van der Waals surface area contributed by atoms with E-state index in [0.29, 0.717) is 11.3 Å². The average Bonchev–Trinajstić information content (AvgIpc) is 2.15. The van der Waals surface area contributed by atoms with Gasteiger partial charge in [0.2, 0.25) is 0 Å². The van der Waals surface area contributed by atoms with Gasteiger partial charge in [0.25, 0.3) is 5.69 Å². The van der Waals surface area contributed by atoms with E-state index in [2.05, 4.69) is 12.6 Å². The van der Waals surface area contributed by atoms with Crippen molar-refractivity contribution in [2.75, 3.05) is 5.75 Å². The van der Waals surface area contributed by atoms with Crippen LogP contribution in [0.3, 0.4) is 0 Å². The summed E-state index contributed by atoms with van der Waals surface area (Å²) in [4.78, 5) is 10.3. The molecule has 0 spiro atoms. The molecule has 0 bridgehead atoms. The minimum Gasteiger partial charge on any atom is -0.258 e. The summed E-state index contributed by atoms with van der Waals surface area (Å²) in [5.74, 6) is 0.575. The maximum Gasteiger partial charge on any atom is 0.276 e. The van der Waals surface area contributed by atoms with Crippen LogP contribution < -0.4 is 0 Å². The standard InChI is InChI=1S/C10H11NO2S/c1-8-4-2-6-10(11(12)13)9(8)5-3-7-14/h2-6,14H,7H2,1H3. The molecule has 0 aliphatic carbocycles. The Balaban J connectivity index is 3.22. The first-order valence-corrected chi connectivity index (χ1v) is 4.81. The highest BCUT2D eigenvalue weighted by molar-refractivity contribution is 7.80. The van der Waals surface area contributed by atoms with Gasteiger partial charge in [-0.25, -0.2) is 0 Å². The molecule has 0 atom stereocenters. The predicted octanol–water partition coefficient (Wildman–Crippen LogP) is 2.85. The van der Waals surface area contributed by atoms with Crippen LogP contribution in [-0.4, -0.2) is 10.7 Å². The molecule has 0 aromatic heterocycles. The van der Waals surface area contributed by atoms with Gasteiger partial charge in [-0.2, -0.15) is 12.6 Å². The number of benzene rings is 1. The fourth-order valence-corrected chi connectivity index (χ4v) is 1.32. The lowest BCUT2D eigenvalue weighted by molar-refractivity contribution is -0.385. The molecule has 0 saturated heterocycles. The summed E-state index contributed by atoms with van der Waals surface area (Å²) in [6.45, 7) is 1.85. The molecule has 14 heavy (non-hydrogen) atoms. The van der Waals surface area contributed by atoms with Crippen molar-refractivity contribution in [3.63, 3.8) is 0 Å². The summed E-state index contributed by atoms with van der Waals surface area (Å²) in [6, 6.07) is 5.04. The summed E-state index contributed by atoms with van der Waals surface area (Å²) in [7, 11) is 0. The molecule has 1 aromatic carbocycles. The highest BCUT2D eigenvalue weighted by Gasteiger charge is 2.11. The summed E-state index contributed by atoms with van der Waals surface area (Å²) >= 11 is 4.01. The third-order valence-corrected chi connectivity index (χ3v) is 2.10. The Morgan fingerprint density at radius 3 is 2.86 bits per heavy atom. The molecular formula is C10H11NO2S. The van der Waals surface area contributed by atoms with Crippen molar-refractivity contribution >= 4 is 24.4 Å². The van der Waals surface area contributed by atoms with Crippen LogP contribution in [0.15, 0.2) is 24.3 Å². The number of nitrogens with zero attached hydrogens (tertiary/aromatic N) is 1. The second kappa shape index (κ2) is 4.81. The monoisotopic (exact) mass is 209 g/mol. The molecule has 1 rings (SSSR count). The number of nitro benzene ring substituents is 1. The first kappa shape index (κ1) is 10.8. The van der Waals surface area contributed by atoms with Crippen LogP contribution in [0.4, 0.5) is 5.69 Å². The lowest BCUT2D eigenvalue weighted by Gasteiger charge is -2.00. The van der Waals surface area contributed by atoms with Gasteiger partial charge in [-0.1, -0.05) is 24.3 Å². The van der Waals surface area contributed by atoms with Crippen molar-refractivity contribution < 1.29 is 4.92 Å². The lowest BCUT2D eigenvalue weighted by Crippen LogP contribution is -1.93. The van der Waals surface area contributed by atoms with Crippen LogP contribution in [0.5, 0.6) is 0 Å². The van der Waals surface area contributed by atoms with E-state index in [9.17, 15) is 10.1 Å². The normalized spacial score (nSPS) is 10.7. The summed E-state index contributed by atoms with van der Waals surface area (Å²) < 4.78 is 0. The van der Waals surface area contributed by atoms with Crippen LogP contribution >= 0.6 is 12.6 Å². The van der Waals surface area contributed by atoms with E-state index in [1.165, 1.54) is 6.07 Å². The summed E-state index contributed by atoms with van der Waals surface area (Å²) in [5, 5.41) is 10.7. The van der Waals surface area contributed by atoms with Crippen molar-refractivity contribution in [3.05, 3.63) is 45.5 Å². The first-order valence-electron chi connectivity index (χ1n) is 4.18. The second-order valence-corrected chi connectivity index (χ2v) is 3.21. The minimum atomic E-state index is -0.370. The maximum atomic E-state index is 10.7. The molecule has 0 unspecified atom stereocenters. The molecule has 0 aliphatic rings. The number of thiol groups is 1. The zero-order valence-corrected chi connectivity index (χ0v) is 8.70. The maximum absolute atomic E-state index is 10.7. The largest absolute Gasteiger partial charge is 0.276 e. The average molecular weight is 209 g/mol. The van der Waals surface area contributed by atoms with Gasteiger partial charge in [-0.05, 0) is 12.5 Å². The Bertz CT molecular complexity index is 374. The van der Waals surface area contributed by atoms with Crippen molar-refractivity contribution in [1.29, 1.82) is 0 Å². The van der Waals surface area contributed by atoms with Gasteiger partial charge < -0.3 is 0 Å². The number of hydrogen-bond donors (Lipinski definition) is 1. The van der Waals surface area contributed by atoms with Crippen LogP contribution in [0.1, 0.15) is 11.1 Å². The molecule has 0 saturated carbocycles. The number of aryl methyl sites for hydroxylation is 1. The highest BCUT2D eigenvalue weighted by atomic mass is 32.1. The molecular weight excluding hydrogens is 198 g/mol. The van der Waals surface area contributed by atoms with Crippen molar-refractivity contribution in [3.8, 4) is 0 Å². The second-order valence-electron chi connectivity index (χ2n) is 2.85. The van der Waals surface area contributed by atoms with Gasteiger partial charge in [0, 0.05) is 11.8 Å². The highest BCUT2D eigenvalue weighted by Crippen LogP contribution is 2.22. The molecule has 1 aromatic rings. The van der Waals surface area contributed by atoms with Gasteiger partial charge in [-0.15, -0.1) is 0 Å². The van der Waals surface area contributed by atoms with Crippen LogP contribution in [0.2, 0.25) is 0 Å². The topological polar surface area (TPSA) is 43.1 Å². The molecule has 0 amide bonds. The Morgan fingerprint density at radius 1 is 1.57 bits per heavy atom. The van der Waals surface area contributed by atoms with Crippen LogP contribution in [-0.2, 0) is 0 Å². The Morgan fingerprint density at radius 2 is 2.29 bits per heavy atom. The molecule has 0 fully saturated rings. The van der Waals surface area contributed by atoms with E-state index in [4.69, 9.17) is 0 Å². The molecule has 0 aliphatic heterocycles. The Labute approximate surface area is 88.0 Å². The quantitative estimate of drug-likeness (QED) is 0.472. The molecule has 0 heterocycles. The van der Waals surface area contributed by atoms with E-state index in [0.717, 1.165) is 5.56 Å². The lowest BCUT2D eigenvalue weighted by atomic mass is 10.1. The van der Waals surface area contributed by atoms with Crippen molar-refractivity contribution in [1.82, 2.24) is 0 Å². The SMILES string of the molecule is Cc1cccc([N+](=O)[O-])c1C=CCS. The third-order valence-electron chi connectivity index (χ3n) is 1.89. The van der Waals surface area contributed by atoms with Gasteiger partial charge in [0.1, 0.15) is 0 Å². The van der Waals surface area contributed by atoms with Gasteiger partial charge in [-0.3, -0.25) is 10.1 Å². The smallest absolute Gasteiger partial charge is 0.258 e. The van der Waals surface area contributed by atoms with Gasteiger partial charge >= 0.3 is 0 Å². The van der Waals surface area contributed by atoms with Crippen molar-refractivity contribution in [2.45, 2.75) is 6.92 Å². The van der Waals surface area contributed by atoms with E-state index >= 15 is 0 Å². The summed E-state index contributed by atoms with van der Waals surface area (Å²) in [5.41, 5.74) is 1.70. The van der Waals surface area contributed by atoms with Gasteiger partial charge in [0.05, 0.1) is 10.5 Å². The number of hydrogen-bond acceptors (Lipinski definition) is 3. The van der Waals surface area contributed by atoms with Crippen LogP contribution in [0.25, 0.3) is 6.08 Å². The zero-order chi connectivity index (χ0) is 10.6. The van der Waals surface area contributed by atoms with E-state index < -0.39 is 0 Å². The zero-order valence-electron chi connectivity index (χ0n) is 7.80. The van der Waals surface area contributed by atoms with E-state index in [1.54, 1.807) is 18.2 Å². The fourth-order valence-electron chi connectivity index (χ4n) is 1.21. The molecule has 0 radical (unpaired) electrons. The van der Waals surface area contributed by atoms with Crippen molar-refractivity contribution in [2.24, 2.45) is 0 Å².